The van der Waals surface area contributed by atoms with Gasteiger partial charge in [-0.25, -0.2) is 0 Å². The van der Waals surface area contributed by atoms with Crippen molar-refractivity contribution in [3.63, 3.8) is 0 Å². The minimum absolute atomic E-state index is 0. The van der Waals surface area contributed by atoms with Gasteiger partial charge in [-0.05, 0) is 18.5 Å². The average molecular weight is 175 g/mol. The minimum Gasteiger partial charge on any atom is -0.330 e. The van der Waals surface area contributed by atoms with Crippen molar-refractivity contribution in [2.45, 2.75) is 13.8 Å². The minimum atomic E-state index is 0. The van der Waals surface area contributed by atoms with Gasteiger partial charge in [0.2, 0.25) is 0 Å². The Bertz CT molecular complexity index is 50.9. The molecule has 0 fully saturated rings. The van der Waals surface area contributed by atoms with Crippen LogP contribution in [0, 0.1) is 5.41 Å². The summed E-state index contributed by atoms with van der Waals surface area (Å²) in [6, 6.07) is 0. The topological polar surface area (TPSA) is 52.0 Å². The van der Waals surface area contributed by atoms with Crippen LogP contribution in [0.2, 0.25) is 0 Å². The van der Waals surface area contributed by atoms with Gasteiger partial charge >= 0.3 is 0 Å². The van der Waals surface area contributed by atoms with E-state index in [4.69, 9.17) is 11.5 Å². The second-order valence-electron chi connectivity index (χ2n) is 2.57. The highest BCUT2D eigenvalue weighted by Gasteiger charge is 2.10. The van der Waals surface area contributed by atoms with Crippen LogP contribution in [0.5, 0.6) is 0 Å². The summed E-state index contributed by atoms with van der Waals surface area (Å²) in [4.78, 5) is 0. The summed E-state index contributed by atoms with van der Waals surface area (Å²) >= 11 is 0. The zero-order chi connectivity index (χ0) is 5.91. The standard InChI is InChI=1S/C5H14N2.2ClH/c1-5(2,3-6)4-7;;/h3-4,6-7H2,1-2H3;2*1H. The molecule has 9 heavy (non-hydrogen) atoms. The van der Waals surface area contributed by atoms with Crippen molar-refractivity contribution in [2.75, 3.05) is 13.1 Å². The number of rotatable bonds is 2. The van der Waals surface area contributed by atoms with Crippen LogP contribution in [0.3, 0.4) is 0 Å². The number of hydrogen-bond donors (Lipinski definition) is 2. The molecule has 0 saturated heterocycles. The summed E-state index contributed by atoms with van der Waals surface area (Å²) in [6.07, 6.45) is 0. The van der Waals surface area contributed by atoms with Crippen LogP contribution in [-0.2, 0) is 0 Å². The van der Waals surface area contributed by atoms with Gasteiger partial charge in [-0.3, -0.25) is 0 Å². The van der Waals surface area contributed by atoms with E-state index in [0.717, 1.165) is 0 Å². The third-order valence-corrected chi connectivity index (χ3v) is 1.11. The fourth-order valence-corrected chi connectivity index (χ4v) is 0.0833. The quantitative estimate of drug-likeness (QED) is 0.651. The van der Waals surface area contributed by atoms with E-state index in [1.165, 1.54) is 0 Å². The van der Waals surface area contributed by atoms with E-state index < -0.39 is 0 Å². The van der Waals surface area contributed by atoms with Crippen LogP contribution in [0.25, 0.3) is 0 Å². The van der Waals surface area contributed by atoms with Crippen molar-refractivity contribution in [2.24, 2.45) is 16.9 Å². The first-order valence-corrected chi connectivity index (χ1v) is 2.52. The highest BCUT2D eigenvalue weighted by Crippen LogP contribution is 2.07. The van der Waals surface area contributed by atoms with Gasteiger partial charge in [0.25, 0.3) is 0 Å². The number of hydrogen-bond acceptors (Lipinski definition) is 2. The molecular weight excluding hydrogens is 159 g/mol. The van der Waals surface area contributed by atoms with Crippen molar-refractivity contribution in [1.29, 1.82) is 0 Å². The number of halogens is 2. The molecule has 0 bridgehead atoms. The molecule has 0 amide bonds. The predicted molar refractivity (Wildman–Crippen MR) is 46.4 cm³/mol. The van der Waals surface area contributed by atoms with Crippen molar-refractivity contribution >= 4 is 24.8 Å². The van der Waals surface area contributed by atoms with E-state index in [1.54, 1.807) is 0 Å². The first-order chi connectivity index (χ1) is 3.12. The van der Waals surface area contributed by atoms with Crippen molar-refractivity contribution in [3.8, 4) is 0 Å². The Balaban J connectivity index is -0.000000180. The monoisotopic (exact) mass is 174 g/mol. The highest BCUT2D eigenvalue weighted by molar-refractivity contribution is 5.85. The second-order valence-corrected chi connectivity index (χ2v) is 2.57. The molecule has 0 aromatic carbocycles. The Hall–Kier alpha value is 0.500. The van der Waals surface area contributed by atoms with Crippen LogP contribution < -0.4 is 11.5 Å². The lowest BCUT2D eigenvalue weighted by Crippen LogP contribution is -2.31. The Labute approximate surface area is 69.2 Å². The first-order valence-electron chi connectivity index (χ1n) is 2.52. The Morgan fingerprint density at radius 3 is 1.22 bits per heavy atom. The van der Waals surface area contributed by atoms with E-state index in [0.29, 0.717) is 13.1 Å². The molecule has 4 heteroatoms. The molecule has 0 spiro atoms. The average Bonchev–Trinajstić information content (AvgIpc) is 1.68. The van der Waals surface area contributed by atoms with Crippen LogP contribution in [0.4, 0.5) is 0 Å². The van der Waals surface area contributed by atoms with Crippen LogP contribution >= 0.6 is 24.8 Å². The molecule has 0 rings (SSSR count). The third kappa shape index (κ3) is 8.50. The number of nitrogens with two attached hydrogens (primary N) is 2. The SMILES string of the molecule is CC(C)(CN)CN.Cl.Cl. The van der Waals surface area contributed by atoms with Gasteiger partial charge in [0.05, 0.1) is 0 Å². The van der Waals surface area contributed by atoms with Crippen molar-refractivity contribution < 1.29 is 0 Å². The largest absolute Gasteiger partial charge is 0.330 e. The van der Waals surface area contributed by atoms with Gasteiger partial charge in [-0.2, -0.15) is 0 Å². The summed E-state index contributed by atoms with van der Waals surface area (Å²) in [5.41, 5.74) is 10.8. The van der Waals surface area contributed by atoms with Gasteiger partial charge in [0, 0.05) is 0 Å². The molecule has 0 saturated carbocycles. The summed E-state index contributed by atoms with van der Waals surface area (Å²) in [5, 5.41) is 0. The zero-order valence-corrected chi connectivity index (χ0v) is 7.52. The lowest BCUT2D eigenvalue weighted by Gasteiger charge is -2.18. The second kappa shape index (κ2) is 6.62. The summed E-state index contributed by atoms with van der Waals surface area (Å²) in [7, 11) is 0. The Kier molecular flexibility index (Phi) is 11.9. The van der Waals surface area contributed by atoms with E-state index >= 15 is 0 Å². The van der Waals surface area contributed by atoms with Crippen LogP contribution in [0.15, 0.2) is 0 Å². The maximum absolute atomic E-state index is 5.34. The lowest BCUT2D eigenvalue weighted by atomic mass is 9.95. The lowest BCUT2D eigenvalue weighted by molar-refractivity contribution is 0.393. The molecule has 0 aromatic heterocycles. The molecule has 0 aliphatic rings. The maximum atomic E-state index is 5.34. The fraction of sp³-hybridized carbons (Fsp3) is 1.00. The van der Waals surface area contributed by atoms with Gasteiger partial charge in [-0.1, -0.05) is 13.8 Å². The van der Waals surface area contributed by atoms with Gasteiger partial charge in [0.1, 0.15) is 0 Å². The van der Waals surface area contributed by atoms with E-state index in [2.05, 4.69) is 0 Å². The molecule has 2 nitrogen and oxygen atoms in total. The molecule has 0 aliphatic carbocycles. The Morgan fingerprint density at radius 1 is 1.00 bits per heavy atom. The molecule has 0 unspecified atom stereocenters. The van der Waals surface area contributed by atoms with Crippen molar-refractivity contribution in [3.05, 3.63) is 0 Å². The normalized spacial score (nSPS) is 9.33. The van der Waals surface area contributed by atoms with Gasteiger partial charge in [0.15, 0.2) is 0 Å². The maximum Gasteiger partial charge on any atom is -0.00138 e. The summed E-state index contributed by atoms with van der Waals surface area (Å²) in [5.74, 6) is 0. The fourth-order valence-electron chi connectivity index (χ4n) is 0.0833. The summed E-state index contributed by atoms with van der Waals surface area (Å²) < 4.78 is 0. The van der Waals surface area contributed by atoms with Crippen molar-refractivity contribution in [1.82, 2.24) is 0 Å². The predicted octanol–water partition coefficient (Wildman–Crippen LogP) is 0.774. The highest BCUT2D eigenvalue weighted by atomic mass is 35.5. The molecule has 0 aromatic rings. The smallest absolute Gasteiger partial charge is 0.00138 e. The first kappa shape index (κ1) is 16.2. The molecule has 0 atom stereocenters. The molecule has 0 radical (unpaired) electrons. The van der Waals surface area contributed by atoms with E-state index in [1.807, 2.05) is 13.8 Å². The molecule has 0 aliphatic heterocycles. The molecule has 0 heterocycles. The Morgan fingerprint density at radius 2 is 1.22 bits per heavy atom. The van der Waals surface area contributed by atoms with E-state index in [-0.39, 0.29) is 30.2 Å². The molecule has 4 N–H and O–H groups in total. The third-order valence-electron chi connectivity index (χ3n) is 1.11. The van der Waals surface area contributed by atoms with Gasteiger partial charge < -0.3 is 11.5 Å². The van der Waals surface area contributed by atoms with Crippen LogP contribution in [-0.4, -0.2) is 13.1 Å². The van der Waals surface area contributed by atoms with Gasteiger partial charge in [-0.15, -0.1) is 24.8 Å². The van der Waals surface area contributed by atoms with E-state index in [9.17, 15) is 0 Å². The molecular formula is C5H16Cl2N2. The molecule has 60 valence electrons. The zero-order valence-electron chi connectivity index (χ0n) is 5.89. The summed E-state index contributed by atoms with van der Waals surface area (Å²) in [6.45, 7) is 5.44. The van der Waals surface area contributed by atoms with Crippen LogP contribution in [0.1, 0.15) is 13.8 Å².